The second kappa shape index (κ2) is 6.29. The van der Waals surface area contributed by atoms with Gasteiger partial charge in [0.2, 0.25) is 11.8 Å². The number of carbonyl (C=O) groups is 2. The molecule has 0 saturated heterocycles. The van der Waals surface area contributed by atoms with Crippen molar-refractivity contribution < 1.29 is 9.59 Å². The van der Waals surface area contributed by atoms with E-state index >= 15 is 0 Å². The Bertz CT molecular complexity index is 503. The molecule has 112 valence electrons. The van der Waals surface area contributed by atoms with Crippen LogP contribution >= 0.6 is 0 Å². The van der Waals surface area contributed by atoms with E-state index in [9.17, 15) is 9.59 Å². The zero-order valence-corrected chi connectivity index (χ0v) is 12.2. The number of fused-ring (bicyclic) bond motifs is 1. The largest absolute Gasteiger partial charge is 0.273 e. The van der Waals surface area contributed by atoms with Gasteiger partial charge in [0.1, 0.15) is 0 Å². The molecule has 0 radical (unpaired) electrons. The molecule has 4 heteroatoms. The van der Waals surface area contributed by atoms with E-state index in [0.29, 0.717) is 24.7 Å². The van der Waals surface area contributed by atoms with Crippen molar-refractivity contribution in [2.45, 2.75) is 38.5 Å². The van der Waals surface area contributed by atoms with Crippen molar-refractivity contribution >= 4 is 11.8 Å². The summed E-state index contributed by atoms with van der Waals surface area (Å²) in [5.74, 6) is 1.15. The average Bonchev–Trinajstić information content (AvgIpc) is 3.26. The van der Waals surface area contributed by atoms with Gasteiger partial charge in [0.25, 0.3) is 0 Å². The molecule has 0 unspecified atom stereocenters. The van der Waals surface area contributed by atoms with E-state index in [0.717, 1.165) is 5.56 Å². The molecule has 3 rings (SSSR count). The lowest BCUT2D eigenvalue weighted by Crippen LogP contribution is -2.42. The number of carbonyl (C=O) groups excluding carboxylic acids is 2. The highest BCUT2D eigenvalue weighted by Gasteiger charge is 2.54. The number of nitrogens with one attached hydrogen (secondary N) is 2. The maximum Gasteiger partial charge on any atom is 0.242 e. The van der Waals surface area contributed by atoms with E-state index in [-0.39, 0.29) is 17.7 Å². The lowest BCUT2D eigenvalue weighted by molar-refractivity contribution is -0.129. The maximum atomic E-state index is 12.0. The molecule has 4 nitrogen and oxygen atoms in total. The maximum absolute atomic E-state index is 12.0. The van der Waals surface area contributed by atoms with Crippen LogP contribution in [0.4, 0.5) is 0 Å². The van der Waals surface area contributed by atoms with E-state index in [1.165, 1.54) is 25.7 Å². The Balaban J connectivity index is 1.37. The number of amides is 2. The topological polar surface area (TPSA) is 58.2 Å². The first-order chi connectivity index (χ1) is 10.3. The molecule has 0 aliphatic heterocycles. The van der Waals surface area contributed by atoms with Crippen LogP contribution in [0.3, 0.4) is 0 Å². The van der Waals surface area contributed by atoms with Crippen molar-refractivity contribution in [1.82, 2.24) is 10.9 Å². The molecule has 2 fully saturated rings. The number of aryl methyl sites for hydroxylation is 1. The van der Waals surface area contributed by atoms with Crippen molar-refractivity contribution in [3.8, 4) is 0 Å². The Morgan fingerprint density at radius 1 is 1.00 bits per heavy atom. The van der Waals surface area contributed by atoms with Gasteiger partial charge in [-0.3, -0.25) is 20.4 Å². The van der Waals surface area contributed by atoms with Gasteiger partial charge in [-0.15, -0.1) is 0 Å². The first-order valence-electron chi connectivity index (χ1n) is 7.88. The molecule has 21 heavy (non-hydrogen) atoms. The van der Waals surface area contributed by atoms with E-state index in [4.69, 9.17) is 0 Å². The van der Waals surface area contributed by atoms with Gasteiger partial charge in [-0.25, -0.2) is 0 Å². The molecule has 2 atom stereocenters. The van der Waals surface area contributed by atoms with Crippen molar-refractivity contribution in [2.75, 3.05) is 0 Å². The highest BCUT2D eigenvalue weighted by Crippen LogP contribution is 2.55. The van der Waals surface area contributed by atoms with Crippen molar-refractivity contribution in [2.24, 2.45) is 17.8 Å². The molecule has 2 aliphatic rings. The third kappa shape index (κ3) is 3.43. The summed E-state index contributed by atoms with van der Waals surface area (Å²) in [6, 6.07) is 9.88. The molecule has 2 saturated carbocycles. The summed E-state index contributed by atoms with van der Waals surface area (Å²) in [5.41, 5.74) is 6.28. The second-order valence-electron chi connectivity index (χ2n) is 6.16. The standard InChI is InChI=1S/C17H22N2O2/c20-15(11-10-12-6-2-1-3-7-12)18-19-17(21)16-13-8-4-5-9-14(13)16/h1-3,6-7,13-14,16H,4-5,8-11H2,(H,18,20)(H,19,21)/t13-,14-/m1/s1. The Kier molecular flexibility index (Phi) is 4.23. The number of benzene rings is 1. The fourth-order valence-corrected chi connectivity index (χ4v) is 3.56. The molecule has 0 aromatic heterocycles. The number of rotatable bonds is 4. The summed E-state index contributed by atoms with van der Waals surface area (Å²) in [4.78, 5) is 23.8. The molecule has 2 aliphatic carbocycles. The Labute approximate surface area is 125 Å². The predicted octanol–water partition coefficient (Wildman–Crippen LogP) is 2.20. The molecule has 1 aromatic rings. The predicted molar refractivity (Wildman–Crippen MR) is 80.0 cm³/mol. The van der Waals surface area contributed by atoms with E-state index < -0.39 is 0 Å². The lowest BCUT2D eigenvalue weighted by Gasteiger charge is -2.07. The van der Waals surface area contributed by atoms with Gasteiger partial charge < -0.3 is 0 Å². The van der Waals surface area contributed by atoms with Crippen LogP contribution in [0.2, 0.25) is 0 Å². The lowest BCUT2D eigenvalue weighted by atomic mass is 10.0. The molecule has 2 amide bonds. The minimum atomic E-state index is -0.129. The SMILES string of the molecule is O=C(CCc1ccccc1)NNC(=O)C1[C@@H]2CCCC[C@@H]12. The highest BCUT2D eigenvalue weighted by molar-refractivity contribution is 5.85. The van der Waals surface area contributed by atoms with Crippen LogP contribution in [0.25, 0.3) is 0 Å². The van der Waals surface area contributed by atoms with Gasteiger partial charge >= 0.3 is 0 Å². The van der Waals surface area contributed by atoms with Crippen LogP contribution in [-0.2, 0) is 16.0 Å². The third-order valence-corrected chi connectivity index (χ3v) is 4.77. The normalized spacial score (nSPS) is 26.6. The van der Waals surface area contributed by atoms with Crippen LogP contribution in [0.5, 0.6) is 0 Å². The zero-order valence-electron chi connectivity index (χ0n) is 12.2. The third-order valence-electron chi connectivity index (χ3n) is 4.77. The summed E-state index contributed by atoms with van der Waals surface area (Å²) in [6.45, 7) is 0. The highest BCUT2D eigenvalue weighted by atomic mass is 16.2. The fourth-order valence-electron chi connectivity index (χ4n) is 3.56. The van der Waals surface area contributed by atoms with E-state index in [1.807, 2.05) is 30.3 Å². The smallest absolute Gasteiger partial charge is 0.242 e. The van der Waals surface area contributed by atoms with Gasteiger partial charge in [0.05, 0.1) is 0 Å². The van der Waals surface area contributed by atoms with E-state index in [1.54, 1.807) is 0 Å². The second-order valence-corrected chi connectivity index (χ2v) is 6.16. The van der Waals surface area contributed by atoms with Crippen LogP contribution in [0.15, 0.2) is 30.3 Å². The van der Waals surface area contributed by atoms with Crippen molar-refractivity contribution in [3.63, 3.8) is 0 Å². The number of hydrazine groups is 1. The molecule has 1 aromatic carbocycles. The van der Waals surface area contributed by atoms with Gasteiger partial charge in [0.15, 0.2) is 0 Å². The molecule has 2 N–H and O–H groups in total. The first-order valence-corrected chi connectivity index (χ1v) is 7.88. The zero-order chi connectivity index (χ0) is 14.7. The fraction of sp³-hybridized carbons (Fsp3) is 0.529. The molecule has 0 spiro atoms. The Hall–Kier alpha value is -1.84. The summed E-state index contributed by atoms with van der Waals surface area (Å²) in [6.07, 6.45) is 5.91. The molecule has 0 heterocycles. The number of hydrogen-bond donors (Lipinski definition) is 2. The van der Waals surface area contributed by atoms with Gasteiger partial charge in [-0.1, -0.05) is 43.2 Å². The molecule has 0 bridgehead atoms. The van der Waals surface area contributed by atoms with Crippen LogP contribution in [-0.4, -0.2) is 11.8 Å². The number of hydrogen-bond acceptors (Lipinski definition) is 2. The van der Waals surface area contributed by atoms with Gasteiger partial charge in [0, 0.05) is 12.3 Å². The quantitative estimate of drug-likeness (QED) is 0.834. The minimum Gasteiger partial charge on any atom is -0.273 e. The first kappa shape index (κ1) is 14.1. The van der Waals surface area contributed by atoms with Crippen LogP contribution < -0.4 is 10.9 Å². The van der Waals surface area contributed by atoms with Gasteiger partial charge in [-0.05, 0) is 36.7 Å². The van der Waals surface area contributed by atoms with Crippen LogP contribution in [0, 0.1) is 17.8 Å². The summed E-state index contributed by atoms with van der Waals surface area (Å²) >= 11 is 0. The Morgan fingerprint density at radius 3 is 2.33 bits per heavy atom. The van der Waals surface area contributed by atoms with Crippen molar-refractivity contribution in [3.05, 3.63) is 35.9 Å². The average molecular weight is 286 g/mol. The monoisotopic (exact) mass is 286 g/mol. The van der Waals surface area contributed by atoms with E-state index in [2.05, 4.69) is 10.9 Å². The van der Waals surface area contributed by atoms with Crippen molar-refractivity contribution in [1.29, 1.82) is 0 Å². The molecular weight excluding hydrogens is 264 g/mol. The Morgan fingerprint density at radius 2 is 1.67 bits per heavy atom. The van der Waals surface area contributed by atoms with Gasteiger partial charge in [-0.2, -0.15) is 0 Å². The summed E-state index contributed by atoms with van der Waals surface area (Å²) in [7, 11) is 0. The van der Waals surface area contributed by atoms with Crippen LogP contribution in [0.1, 0.15) is 37.7 Å². The minimum absolute atomic E-state index is 0.0000360. The summed E-state index contributed by atoms with van der Waals surface area (Å²) in [5, 5.41) is 0. The summed E-state index contributed by atoms with van der Waals surface area (Å²) < 4.78 is 0. The molecular formula is C17H22N2O2.